The summed E-state index contributed by atoms with van der Waals surface area (Å²) in [5.41, 5.74) is 0.663. The fourth-order valence-corrected chi connectivity index (χ4v) is 1.43. The molecule has 0 saturated carbocycles. The van der Waals surface area contributed by atoms with E-state index in [0.29, 0.717) is 11.4 Å². The topological polar surface area (TPSA) is 61.8 Å². The van der Waals surface area contributed by atoms with Crippen LogP contribution in [-0.4, -0.2) is 20.3 Å². The number of phenolic OH excluding ortho intramolecular Hbond substituents is 1. The molecule has 2 rings (SSSR count). The predicted molar refractivity (Wildman–Crippen MR) is 57.5 cm³/mol. The molecule has 0 bridgehead atoms. The van der Waals surface area contributed by atoms with Gasteiger partial charge in [0.05, 0.1) is 5.56 Å². The molecule has 15 heavy (non-hydrogen) atoms. The van der Waals surface area contributed by atoms with Crippen LogP contribution in [0.2, 0.25) is 0 Å². The van der Waals surface area contributed by atoms with Crippen LogP contribution in [0.4, 0.5) is 0 Å². The maximum atomic E-state index is 9.61. The Morgan fingerprint density at radius 3 is 2.87 bits per heavy atom. The molecule has 0 radical (unpaired) electrons. The van der Waals surface area contributed by atoms with Crippen LogP contribution in [0, 0.1) is 0 Å². The molecule has 0 atom stereocenters. The first-order chi connectivity index (χ1) is 7.31. The van der Waals surface area contributed by atoms with Crippen molar-refractivity contribution in [2.45, 2.75) is 19.8 Å². The van der Waals surface area contributed by atoms with Gasteiger partial charge in [0.1, 0.15) is 11.6 Å². The Balaban J connectivity index is 2.33. The molecule has 0 fully saturated rings. The highest BCUT2D eigenvalue weighted by Gasteiger charge is 2.08. The van der Waals surface area contributed by atoms with E-state index in [1.807, 2.05) is 6.07 Å². The monoisotopic (exact) mass is 203 g/mol. The number of hydrogen-bond acceptors (Lipinski definition) is 3. The van der Waals surface area contributed by atoms with Crippen molar-refractivity contribution in [1.82, 2.24) is 15.2 Å². The highest BCUT2D eigenvalue weighted by Crippen LogP contribution is 2.25. The second kappa shape index (κ2) is 4.13. The number of aromatic nitrogens is 3. The molecule has 0 aliphatic heterocycles. The Morgan fingerprint density at radius 2 is 2.13 bits per heavy atom. The molecule has 0 aliphatic carbocycles. The van der Waals surface area contributed by atoms with Gasteiger partial charge in [-0.2, -0.15) is 5.10 Å². The van der Waals surface area contributed by atoms with E-state index in [2.05, 4.69) is 22.1 Å². The molecule has 1 aromatic carbocycles. The number of H-pyrrole nitrogens is 1. The SMILES string of the molecule is CCCc1nc(-c2ccccc2O)n[nH]1. The molecule has 0 unspecified atom stereocenters. The molecule has 0 amide bonds. The molecule has 2 aromatic rings. The summed E-state index contributed by atoms with van der Waals surface area (Å²) in [6.07, 6.45) is 1.90. The lowest BCUT2D eigenvalue weighted by Gasteiger charge is -1.97. The van der Waals surface area contributed by atoms with Gasteiger partial charge in [-0.15, -0.1) is 0 Å². The normalized spacial score (nSPS) is 10.5. The summed E-state index contributed by atoms with van der Waals surface area (Å²) in [5.74, 6) is 1.62. The number of nitrogens with zero attached hydrogens (tertiary/aromatic N) is 2. The molecular weight excluding hydrogens is 190 g/mol. The summed E-state index contributed by atoms with van der Waals surface area (Å²) in [6, 6.07) is 7.06. The van der Waals surface area contributed by atoms with Gasteiger partial charge in [-0.05, 0) is 18.6 Å². The minimum atomic E-state index is 0.208. The van der Waals surface area contributed by atoms with Crippen molar-refractivity contribution in [2.75, 3.05) is 0 Å². The van der Waals surface area contributed by atoms with E-state index in [-0.39, 0.29) is 5.75 Å². The molecule has 4 nitrogen and oxygen atoms in total. The van der Waals surface area contributed by atoms with Gasteiger partial charge in [0.15, 0.2) is 5.82 Å². The molecule has 0 spiro atoms. The van der Waals surface area contributed by atoms with Crippen LogP contribution in [0.25, 0.3) is 11.4 Å². The third-order valence-corrected chi connectivity index (χ3v) is 2.16. The van der Waals surface area contributed by atoms with Gasteiger partial charge in [-0.1, -0.05) is 19.1 Å². The van der Waals surface area contributed by atoms with E-state index in [1.165, 1.54) is 0 Å². The number of phenols is 1. The van der Waals surface area contributed by atoms with Crippen LogP contribution in [-0.2, 0) is 6.42 Å². The second-order valence-electron chi connectivity index (χ2n) is 3.37. The Labute approximate surface area is 88.0 Å². The van der Waals surface area contributed by atoms with Crippen molar-refractivity contribution < 1.29 is 5.11 Å². The van der Waals surface area contributed by atoms with E-state index in [9.17, 15) is 5.11 Å². The summed E-state index contributed by atoms with van der Waals surface area (Å²) in [4.78, 5) is 4.30. The van der Waals surface area contributed by atoms with E-state index >= 15 is 0 Å². The first kappa shape index (κ1) is 9.71. The van der Waals surface area contributed by atoms with Crippen molar-refractivity contribution in [3.05, 3.63) is 30.1 Å². The van der Waals surface area contributed by atoms with E-state index in [0.717, 1.165) is 18.7 Å². The van der Waals surface area contributed by atoms with Gasteiger partial charge < -0.3 is 5.11 Å². The van der Waals surface area contributed by atoms with E-state index in [1.54, 1.807) is 18.2 Å². The van der Waals surface area contributed by atoms with Crippen LogP contribution in [0.3, 0.4) is 0 Å². The van der Waals surface area contributed by atoms with Crippen molar-refractivity contribution >= 4 is 0 Å². The van der Waals surface area contributed by atoms with Crippen molar-refractivity contribution in [3.63, 3.8) is 0 Å². The quantitative estimate of drug-likeness (QED) is 0.803. The van der Waals surface area contributed by atoms with Crippen LogP contribution in [0.5, 0.6) is 5.75 Å². The lowest BCUT2D eigenvalue weighted by Crippen LogP contribution is -1.85. The number of aryl methyl sites for hydroxylation is 1. The number of para-hydroxylation sites is 1. The van der Waals surface area contributed by atoms with Gasteiger partial charge in [0.2, 0.25) is 0 Å². The summed E-state index contributed by atoms with van der Waals surface area (Å²) in [7, 11) is 0. The first-order valence-electron chi connectivity index (χ1n) is 5.01. The Morgan fingerprint density at radius 1 is 1.33 bits per heavy atom. The van der Waals surface area contributed by atoms with Gasteiger partial charge in [-0.25, -0.2) is 4.98 Å². The molecular formula is C11H13N3O. The third-order valence-electron chi connectivity index (χ3n) is 2.16. The summed E-state index contributed by atoms with van der Waals surface area (Å²) < 4.78 is 0. The summed E-state index contributed by atoms with van der Waals surface area (Å²) >= 11 is 0. The zero-order valence-corrected chi connectivity index (χ0v) is 8.57. The lowest BCUT2D eigenvalue weighted by atomic mass is 10.2. The zero-order chi connectivity index (χ0) is 10.7. The first-order valence-corrected chi connectivity index (χ1v) is 5.01. The number of hydrogen-bond donors (Lipinski definition) is 2. The summed E-state index contributed by atoms with van der Waals surface area (Å²) in [5, 5.41) is 16.5. The molecule has 0 saturated heterocycles. The van der Waals surface area contributed by atoms with Crippen LogP contribution < -0.4 is 0 Å². The van der Waals surface area contributed by atoms with Crippen molar-refractivity contribution in [3.8, 4) is 17.1 Å². The second-order valence-corrected chi connectivity index (χ2v) is 3.37. The highest BCUT2D eigenvalue weighted by atomic mass is 16.3. The smallest absolute Gasteiger partial charge is 0.184 e. The van der Waals surface area contributed by atoms with Crippen LogP contribution >= 0.6 is 0 Å². The number of benzene rings is 1. The molecule has 1 aromatic heterocycles. The minimum absolute atomic E-state index is 0.208. The highest BCUT2D eigenvalue weighted by molar-refractivity contribution is 5.62. The molecule has 2 N–H and O–H groups in total. The lowest BCUT2D eigenvalue weighted by molar-refractivity contribution is 0.477. The fourth-order valence-electron chi connectivity index (χ4n) is 1.43. The predicted octanol–water partition coefficient (Wildman–Crippen LogP) is 2.13. The standard InChI is InChI=1S/C11H13N3O/c1-2-5-10-12-11(14-13-10)8-6-3-4-7-9(8)15/h3-4,6-7,15H,2,5H2,1H3,(H,12,13,14). The number of aromatic hydroxyl groups is 1. The maximum Gasteiger partial charge on any atom is 0.184 e. The van der Waals surface area contributed by atoms with Gasteiger partial charge >= 0.3 is 0 Å². The van der Waals surface area contributed by atoms with Crippen molar-refractivity contribution in [1.29, 1.82) is 0 Å². The fraction of sp³-hybridized carbons (Fsp3) is 0.273. The number of nitrogens with one attached hydrogen (secondary N) is 1. The third kappa shape index (κ3) is 1.98. The van der Waals surface area contributed by atoms with E-state index in [4.69, 9.17) is 0 Å². The van der Waals surface area contributed by atoms with Gasteiger partial charge in [0, 0.05) is 6.42 Å². The largest absolute Gasteiger partial charge is 0.507 e. The Hall–Kier alpha value is -1.84. The zero-order valence-electron chi connectivity index (χ0n) is 8.57. The van der Waals surface area contributed by atoms with Gasteiger partial charge in [-0.3, -0.25) is 5.10 Å². The number of rotatable bonds is 3. The van der Waals surface area contributed by atoms with Crippen LogP contribution in [0.1, 0.15) is 19.2 Å². The molecule has 0 aliphatic rings. The summed E-state index contributed by atoms with van der Waals surface area (Å²) in [6.45, 7) is 2.09. The Kier molecular flexibility index (Phi) is 2.67. The van der Waals surface area contributed by atoms with Gasteiger partial charge in [0.25, 0.3) is 0 Å². The molecule has 78 valence electrons. The number of aromatic amines is 1. The van der Waals surface area contributed by atoms with Crippen molar-refractivity contribution in [2.24, 2.45) is 0 Å². The van der Waals surface area contributed by atoms with Crippen LogP contribution in [0.15, 0.2) is 24.3 Å². The average molecular weight is 203 g/mol. The molecule has 4 heteroatoms. The maximum absolute atomic E-state index is 9.61. The minimum Gasteiger partial charge on any atom is -0.507 e. The molecule has 1 heterocycles. The Bertz CT molecular complexity index is 451. The average Bonchev–Trinajstić information content (AvgIpc) is 2.68. The van der Waals surface area contributed by atoms with E-state index < -0.39 is 0 Å².